The fourth-order valence-electron chi connectivity index (χ4n) is 4.51. The Balaban J connectivity index is 1.91. The summed E-state index contributed by atoms with van der Waals surface area (Å²) in [5.74, 6) is 0.604. The van der Waals surface area contributed by atoms with Gasteiger partial charge in [0.25, 0.3) is 0 Å². The van der Waals surface area contributed by atoms with Gasteiger partial charge in [0.15, 0.2) is 0 Å². The number of hydrogen-bond acceptors (Lipinski definition) is 3. The molecule has 0 unspecified atom stereocenters. The van der Waals surface area contributed by atoms with Crippen LogP contribution in [0.4, 0.5) is 0 Å². The van der Waals surface area contributed by atoms with Crippen molar-refractivity contribution in [2.24, 2.45) is 0 Å². The van der Waals surface area contributed by atoms with Gasteiger partial charge in [-0.3, -0.25) is 4.79 Å². The molecule has 0 fully saturated rings. The molecule has 1 aliphatic rings. The molecule has 0 spiro atoms. The Morgan fingerprint density at radius 3 is 2.10 bits per heavy atom. The highest BCUT2D eigenvalue weighted by molar-refractivity contribution is 7.79. The first kappa shape index (κ1) is 20.4. The number of rotatable bonds is 5. The summed E-state index contributed by atoms with van der Waals surface area (Å²) in [5, 5.41) is 4.76. The molecule has 0 aromatic heterocycles. The third kappa shape index (κ3) is 3.68. The second-order valence-corrected chi connectivity index (χ2v) is 10.7. The van der Waals surface area contributed by atoms with E-state index in [9.17, 15) is 9.36 Å². The molecule has 4 rings (SSSR count). The number of amides is 1. The van der Waals surface area contributed by atoms with Gasteiger partial charge in [-0.2, -0.15) is 0 Å². The van der Waals surface area contributed by atoms with Crippen molar-refractivity contribution in [3.05, 3.63) is 90.0 Å². The van der Waals surface area contributed by atoms with Gasteiger partial charge in [-0.1, -0.05) is 66.7 Å². The molecule has 0 heterocycles. The molecule has 1 N–H and O–H groups in total. The van der Waals surface area contributed by atoms with Gasteiger partial charge in [-0.25, -0.2) is 0 Å². The molecule has 4 nitrogen and oxygen atoms in total. The molecule has 154 valence electrons. The summed E-state index contributed by atoms with van der Waals surface area (Å²) in [6, 6.07) is 25.0. The van der Waals surface area contributed by atoms with E-state index in [2.05, 4.69) is 11.4 Å². The lowest BCUT2D eigenvalue weighted by Gasteiger charge is -2.39. The summed E-state index contributed by atoms with van der Waals surface area (Å²) in [4.78, 5) is 12.2. The van der Waals surface area contributed by atoms with E-state index in [-0.39, 0.29) is 17.6 Å². The summed E-state index contributed by atoms with van der Waals surface area (Å²) < 4.78 is 20.4. The zero-order valence-electron chi connectivity index (χ0n) is 17.2. The van der Waals surface area contributed by atoms with E-state index in [1.807, 2.05) is 72.8 Å². The maximum Gasteiger partial charge on any atom is 0.217 e. The maximum absolute atomic E-state index is 14.9. The quantitative estimate of drug-likeness (QED) is 0.631. The van der Waals surface area contributed by atoms with Crippen molar-refractivity contribution in [2.45, 2.75) is 31.5 Å². The standard InChI is InChI=1S/C25H26NO3P/c1-18(27)26-25-23-17-20(29-2)15-13-19(23)14-16-24(25)30(28,21-9-5-3-6-10-21)22-11-7-4-8-12-22/h3-13,15,17,24-25H,14,16H2,1-2H3,(H,26,27)/t24-,25+/m0/s1. The van der Waals surface area contributed by atoms with E-state index in [0.717, 1.165) is 34.8 Å². The SMILES string of the molecule is COc1ccc2c(c1)[C@@H](NC(C)=O)[C@@H](P(=O)(c1ccccc1)c1ccccc1)CC2. The molecule has 3 aromatic carbocycles. The topological polar surface area (TPSA) is 55.4 Å². The maximum atomic E-state index is 14.9. The lowest BCUT2D eigenvalue weighted by Crippen LogP contribution is -2.42. The zero-order chi connectivity index (χ0) is 21.1. The molecule has 0 aliphatic heterocycles. The first-order valence-electron chi connectivity index (χ1n) is 10.2. The first-order chi connectivity index (χ1) is 14.5. The van der Waals surface area contributed by atoms with Gasteiger partial charge < -0.3 is 14.6 Å². The Hall–Kier alpha value is -2.84. The molecule has 3 aromatic rings. The van der Waals surface area contributed by atoms with E-state index < -0.39 is 7.14 Å². The Kier molecular flexibility index (Phi) is 5.78. The lowest BCUT2D eigenvalue weighted by molar-refractivity contribution is -0.119. The Labute approximate surface area is 177 Å². The van der Waals surface area contributed by atoms with E-state index in [4.69, 9.17) is 4.74 Å². The highest BCUT2D eigenvalue weighted by atomic mass is 31.2. The molecule has 2 atom stereocenters. The smallest absolute Gasteiger partial charge is 0.217 e. The van der Waals surface area contributed by atoms with Gasteiger partial charge >= 0.3 is 0 Å². The minimum Gasteiger partial charge on any atom is -0.497 e. The number of nitrogens with one attached hydrogen (secondary N) is 1. The van der Waals surface area contributed by atoms with Gasteiger partial charge in [0, 0.05) is 23.2 Å². The highest BCUT2D eigenvalue weighted by Gasteiger charge is 2.44. The van der Waals surface area contributed by atoms with Crippen molar-refractivity contribution in [1.29, 1.82) is 0 Å². The molecular formula is C25H26NO3P. The van der Waals surface area contributed by atoms with Crippen molar-refractivity contribution >= 4 is 23.7 Å². The molecule has 5 heteroatoms. The predicted octanol–water partition coefficient (Wildman–Crippen LogP) is 4.20. The van der Waals surface area contributed by atoms with Crippen LogP contribution in [0.1, 0.15) is 30.5 Å². The zero-order valence-corrected chi connectivity index (χ0v) is 18.1. The normalized spacial score (nSPS) is 18.3. The number of ether oxygens (including phenoxy) is 1. The third-order valence-electron chi connectivity index (χ3n) is 5.89. The monoisotopic (exact) mass is 419 g/mol. The average molecular weight is 419 g/mol. The van der Waals surface area contributed by atoms with Crippen LogP contribution in [0.15, 0.2) is 78.9 Å². The number of benzene rings is 3. The van der Waals surface area contributed by atoms with Crippen LogP contribution < -0.4 is 20.7 Å². The van der Waals surface area contributed by atoms with Crippen LogP contribution in [0.3, 0.4) is 0 Å². The van der Waals surface area contributed by atoms with E-state index >= 15 is 0 Å². The molecule has 0 radical (unpaired) electrons. The molecule has 1 amide bonds. The number of carbonyl (C=O) groups is 1. The summed E-state index contributed by atoms with van der Waals surface area (Å²) >= 11 is 0. The average Bonchev–Trinajstić information content (AvgIpc) is 2.79. The van der Waals surface area contributed by atoms with Crippen LogP contribution in [0, 0.1) is 0 Å². The lowest BCUT2D eigenvalue weighted by atomic mass is 9.87. The molecule has 1 aliphatic carbocycles. The van der Waals surface area contributed by atoms with Crippen LogP contribution in [0.5, 0.6) is 5.75 Å². The van der Waals surface area contributed by atoms with Crippen LogP contribution >= 0.6 is 7.14 Å². The second kappa shape index (κ2) is 8.49. The van der Waals surface area contributed by atoms with E-state index in [1.54, 1.807) is 7.11 Å². The number of fused-ring (bicyclic) bond motifs is 1. The van der Waals surface area contributed by atoms with Crippen molar-refractivity contribution in [2.75, 3.05) is 7.11 Å². The van der Waals surface area contributed by atoms with Crippen molar-refractivity contribution in [3.63, 3.8) is 0 Å². The highest BCUT2D eigenvalue weighted by Crippen LogP contribution is 2.56. The molecule has 30 heavy (non-hydrogen) atoms. The first-order valence-corrected chi connectivity index (χ1v) is 12.0. The largest absolute Gasteiger partial charge is 0.497 e. The van der Waals surface area contributed by atoms with Crippen molar-refractivity contribution in [1.82, 2.24) is 5.32 Å². The van der Waals surface area contributed by atoms with Gasteiger partial charge in [0.05, 0.1) is 13.2 Å². The van der Waals surface area contributed by atoms with Crippen LogP contribution in [-0.2, 0) is 15.8 Å². The molecule has 0 saturated carbocycles. The van der Waals surface area contributed by atoms with Gasteiger partial charge in [-0.05, 0) is 36.1 Å². The second-order valence-electron chi connectivity index (χ2n) is 7.68. The Morgan fingerprint density at radius 2 is 1.57 bits per heavy atom. The minimum absolute atomic E-state index is 0.131. The summed E-state index contributed by atoms with van der Waals surface area (Å²) in [5.41, 5.74) is 1.91. The third-order valence-corrected chi connectivity index (χ3v) is 9.51. The fraction of sp³-hybridized carbons (Fsp3) is 0.240. The Morgan fingerprint density at radius 1 is 0.967 bits per heavy atom. The predicted molar refractivity (Wildman–Crippen MR) is 121 cm³/mol. The summed E-state index contributed by atoms with van der Waals surface area (Å²) in [6.07, 6.45) is 1.54. The summed E-state index contributed by atoms with van der Waals surface area (Å²) in [7, 11) is -1.41. The number of aryl methyl sites for hydroxylation is 1. The number of carbonyl (C=O) groups excluding carboxylic acids is 1. The van der Waals surface area contributed by atoms with Crippen LogP contribution in [0.25, 0.3) is 0 Å². The van der Waals surface area contributed by atoms with Crippen LogP contribution in [-0.4, -0.2) is 18.7 Å². The molecule has 0 saturated heterocycles. The van der Waals surface area contributed by atoms with Gasteiger partial charge in [-0.15, -0.1) is 0 Å². The van der Waals surface area contributed by atoms with E-state index in [1.165, 1.54) is 12.5 Å². The van der Waals surface area contributed by atoms with Crippen molar-refractivity contribution in [3.8, 4) is 5.75 Å². The number of hydrogen-bond donors (Lipinski definition) is 1. The number of methoxy groups -OCH3 is 1. The minimum atomic E-state index is -3.05. The molecule has 0 bridgehead atoms. The molecular weight excluding hydrogens is 393 g/mol. The fourth-order valence-corrected chi connectivity index (χ4v) is 7.95. The van der Waals surface area contributed by atoms with Gasteiger partial charge in [0.1, 0.15) is 12.9 Å². The van der Waals surface area contributed by atoms with Gasteiger partial charge in [0.2, 0.25) is 5.91 Å². The van der Waals surface area contributed by atoms with E-state index in [0.29, 0.717) is 0 Å². The van der Waals surface area contributed by atoms with Crippen LogP contribution in [0.2, 0.25) is 0 Å². The van der Waals surface area contributed by atoms with Crippen molar-refractivity contribution < 1.29 is 14.1 Å². The summed E-state index contributed by atoms with van der Waals surface area (Å²) in [6.45, 7) is 1.52. The Bertz CT molecular complexity index is 1040.